The van der Waals surface area contributed by atoms with Crippen molar-refractivity contribution in [2.24, 2.45) is 0 Å². The number of carbonyl (C=O) groups excluding carboxylic acids is 1. The number of esters is 1. The average molecular weight is 357 g/mol. The molecule has 0 radical (unpaired) electrons. The third-order valence-corrected chi connectivity index (χ3v) is 4.28. The molecule has 0 aliphatic heterocycles. The van der Waals surface area contributed by atoms with Crippen LogP contribution >= 0.6 is 11.6 Å². The number of pyridine rings is 2. The van der Waals surface area contributed by atoms with Gasteiger partial charge >= 0.3 is 5.97 Å². The summed E-state index contributed by atoms with van der Waals surface area (Å²) < 4.78 is 6.53. The van der Waals surface area contributed by atoms with E-state index in [2.05, 4.69) is 4.98 Å². The molecular formula is C19H17ClN2O3. The Kier molecular flexibility index (Phi) is 4.86. The van der Waals surface area contributed by atoms with Gasteiger partial charge in [-0.25, -0.2) is 4.79 Å². The molecule has 3 aromatic rings. The number of hydrogen-bond donors (Lipinski definition) is 0. The van der Waals surface area contributed by atoms with E-state index in [1.807, 2.05) is 37.3 Å². The van der Waals surface area contributed by atoms with E-state index < -0.39 is 11.5 Å². The highest BCUT2D eigenvalue weighted by molar-refractivity contribution is 6.38. The molecule has 25 heavy (non-hydrogen) atoms. The van der Waals surface area contributed by atoms with Crippen LogP contribution in [0.25, 0.3) is 10.9 Å². The molecule has 0 aliphatic rings. The molecule has 2 heterocycles. The van der Waals surface area contributed by atoms with Gasteiger partial charge in [-0.15, -0.1) is 0 Å². The number of ether oxygens (including phenoxy) is 1. The lowest BCUT2D eigenvalue weighted by Crippen LogP contribution is -2.29. The molecule has 2 aromatic heterocycles. The van der Waals surface area contributed by atoms with E-state index in [1.165, 1.54) is 4.57 Å². The fourth-order valence-electron chi connectivity index (χ4n) is 2.72. The molecule has 0 fully saturated rings. The van der Waals surface area contributed by atoms with Crippen LogP contribution in [0.15, 0.2) is 47.4 Å². The number of nitrogens with zero attached hydrogens (tertiary/aromatic N) is 2. The summed E-state index contributed by atoms with van der Waals surface area (Å²) in [6.07, 6.45) is 1.66. The monoisotopic (exact) mass is 356 g/mol. The van der Waals surface area contributed by atoms with Crippen molar-refractivity contribution in [1.82, 2.24) is 9.55 Å². The highest BCUT2D eigenvalue weighted by Gasteiger charge is 2.22. The molecule has 3 rings (SSSR count). The summed E-state index contributed by atoms with van der Waals surface area (Å²) in [7, 11) is 0. The van der Waals surface area contributed by atoms with Gasteiger partial charge in [0.25, 0.3) is 5.56 Å². The van der Waals surface area contributed by atoms with Crippen molar-refractivity contribution in [2.45, 2.75) is 20.4 Å². The van der Waals surface area contributed by atoms with Crippen molar-refractivity contribution in [3.05, 3.63) is 74.8 Å². The normalized spacial score (nSPS) is 10.8. The van der Waals surface area contributed by atoms with Crippen LogP contribution in [0.3, 0.4) is 0 Å². The molecule has 5 nitrogen and oxygen atoms in total. The molecule has 6 heteroatoms. The lowest BCUT2D eigenvalue weighted by atomic mass is 10.1. The maximum absolute atomic E-state index is 13.0. The Bertz CT molecular complexity index is 997. The zero-order chi connectivity index (χ0) is 18.0. The van der Waals surface area contributed by atoms with E-state index in [9.17, 15) is 9.59 Å². The fraction of sp³-hybridized carbons (Fsp3) is 0.211. The average Bonchev–Trinajstić information content (AvgIpc) is 2.60. The van der Waals surface area contributed by atoms with E-state index in [0.29, 0.717) is 16.6 Å². The van der Waals surface area contributed by atoms with E-state index in [-0.39, 0.29) is 23.7 Å². The van der Waals surface area contributed by atoms with Crippen molar-refractivity contribution in [3.8, 4) is 0 Å². The number of halogens is 1. The number of benzene rings is 1. The van der Waals surface area contributed by atoms with Crippen molar-refractivity contribution in [2.75, 3.05) is 6.61 Å². The zero-order valence-electron chi connectivity index (χ0n) is 14.0. The molecule has 0 unspecified atom stereocenters. The molecule has 0 N–H and O–H groups in total. The predicted octanol–water partition coefficient (Wildman–Crippen LogP) is 3.58. The van der Waals surface area contributed by atoms with Gasteiger partial charge in [-0.1, -0.05) is 29.3 Å². The minimum Gasteiger partial charge on any atom is -0.462 e. The van der Waals surface area contributed by atoms with Crippen molar-refractivity contribution >= 4 is 28.5 Å². The van der Waals surface area contributed by atoms with Gasteiger partial charge in [0.15, 0.2) is 0 Å². The smallest absolute Gasteiger partial charge is 0.345 e. The molecular weight excluding hydrogens is 340 g/mol. The van der Waals surface area contributed by atoms with Crippen LogP contribution in [-0.2, 0) is 11.3 Å². The number of fused-ring (bicyclic) bond motifs is 1. The van der Waals surface area contributed by atoms with Crippen LogP contribution in [0.1, 0.15) is 28.5 Å². The summed E-state index contributed by atoms with van der Waals surface area (Å²) >= 11 is 6.39. The summed E-state index contributed by atoms with van der Waals surface area (Å²) in [6, 6.07) is 11.1. The van der Waals surface area contributed by atoms with Crippen LogP contribution < -0.4 is 5.56 Å². The first-order valence-corrected chi connectivity index (χ1v) is 8.30. The number of rotatable bonds is 4. The maximum Gasteiger partial charge on any atom is 0.345 e. The van der Waals surface area contributed by atoms with Crippen molar-refractivity contribution in [1.29, 1.82) is 0 Å². The predicted molar refractivity (Wildman–Crippen MR) is 97.3 cm³/mol. The van der Waals surface area contributed by atoms with Crippen molar-refractivity contribution < 1.29 is 9.53 Å². The molecule has 0 spiro atoms. The first-order chi connectivity index (χ1) is 12.0. The maximum atomic E-state index is 13.0. The number of hydrogen-bond acceptors (Lipinski definition) is 4. The van der Waals surface area contributed by atoms with Crippen LogP contribution in [0.4, 0.5) is 0 Å². The van der Waals surface area contributed by atoms with Crippen LogP contribution in [0.5, 0.6) is 0 Å². The molecule has 0 saturated carbocycles. The van der Waals surface area contributed by atoms with E-state index in [4.69, 9.17) is 16.3 Å². The van der Waals surface area contributed by atoms with Gasteiger partial charge in [0.1, 0.15) is 5.56 Å². The third-order valence-electron chi connectivity index (χ3n) is 3.88. The van der Waals surface area contributed by atoms with Crippen LogP contribution in [0, 0.1) is 6.92 Å². The van der Waals surface area contributed by atoms with Gasteiger partial charge < -0.3 is 9.30 Å². The third kappa shape index (κ3) is 3.28. The Morgan fingerprint density at radius 2 is 2.08 bits per heavy atom. The lowest BCUT2D eigenvalue weighted by Gasteiger charge is -2.15. The second-order valence-electron chi connectivity index (χ2n) is 5.64. The molecule has 0 bridgehead atoms. The standard InChI is InChI=1S/C19H17ClN2O3/c1-3-25-19(24)16-17(20)14-10-12(2)7-8-15(14)22(18(16)23)11-13-6-4-5-9-21-13/h4-10H,3,11H2,1-2H3. The quantitative estimate of drug-likeness (QED) is 0.670. The summed E-state index contributed by atoms with van der Waals surface area (Å²) in [4.78, 5) is 29.5. The van der Waals surface area contributed by atoms with E-state index in [1.54, 1.807) is 19.2 Å². The Balaban J connectivity index is 2.30. The SMILES string of the molecule is CCOC(=O)c1c(Cl)c2cc(C)ccc2n(Cc2ccccn2)c1=O. The summed E-state index contributed by atoms with van der Waals surface area (Å²) in [5, 5.41) is 0.764. The van der Waals surface area contributed by atoms with Gasteiger partial charge in [0.2, 0.25) is 0 Å². The summed E-state index contributed by atoms with van der Waals surface area (Å²) in [5.41, 5.74) is 1.72. The van der Waals surface area contributed by atoms with Gasteiger partial charge in [0.05, 0.1) is 29.4 Å². The Hall–Kier alpha value is -2.66. The fourth-order valence-corrected chi connectivity index (χ4v) is 3.03. The van der Waals surface area contributed by atoms with Gasteiger partial charge in [-0.3, -0.25) is 9.78 Å². The highest BCUT2D eigenvalue weighted by Crippen LogP contribution is 2.27. The topological polar surface area (TPSA) is 61.2 Å². The lowest BCUT2D eigenvalue weighted by molar-refractivity contribution is 0.0524. The highest BCUT2D eigenvalue weighted by atomic mass is 35.5. The Morgan fingerprint density at radius 3 is 2.76 bits per heavy atom. The molecule has 0 atom stereocenters. The number of carbonyl (C=O) groups is 1. The van der Waals surface area contributed by atoms with E-state index in [0.717, 1.165) is 5.56 Å². The number of aromatic nitrogens is 2. The first-order valence-electron chi connectivity index (χ1n) is 7.92. The largest absolute Gasteiger partial charge is 0.462 e. The molecule has 0 amide bonds. The second kappa shape index (κ2) is 7.07. The molecule has 128 valence electrons. The van der Waals surface area contributed by atoms with Gasteiger partial charge in [0, 0.05) is 11.6 Å². The van der Waals surface area contributed by atoms with Crippen molar-refractivity contribution in [3.63, 3.8) is 0 Å². The van der Waals surface area contributed by atoms with Gasteiger partial charge in [-0.2, -0.15) is 0 Å². The second-order valence-corrected chi connectivity index (χ2v) is 6.02. The first kappa shape index (κ1) is 17.2. The minimum atomic E-state index is -0.712. The molecule has 0 aliphatic carbocycles. The molecule has 0 saturated heterocycles. The van der Waals surface area contributed by atoms with E-state index >= 15 is 0 Å². The van der Waals surface area contributed by atoms with Gasteiger partial charge in [-0.05, 0) is 38.1 Å². The molecule has 1 aromatic carbocycles. The minimum absolute atomic E-state index is 0.124. The summed E-state index contributed by atoms with van der Waals surface area (Å²) in [5.74, 6) is -0.712. The van der Waals surface area contributed by atoms with Crippen LogP contribution in [0.2, 0.25) is 5.02 Å². The number of aryl methyl sites for hydroxylation is 1. The Labute approximate surface area is 149 Å². The zero-order valence-corrected chi connectivity index (χ0v) is 14.7. The Morgan fingerprint density at radius 1 is 1.28 bits per heavy atom. The summed E-state index contributed by atoms with van der Waals surface area (Å²) in [6.45, 7) is 4.01. The van der Waals surface area contributed by atoms with Crippen LogP contribution in [-0.4, -0.2) is 22.1 Å².